The first-order valence-electron chi connectivity index (χ1n) is 26.7. The van der Waals surface area contributed by atoms with Gasteiger partial charge in [0.1, 0.15) is 12.2 Å². The van der Waals surface area contributed by atoms with Gasteiger partial charge in [0.05, 0.1) is 18.8 Å². The van der Waals surface area contributed by atoms with Crippen molar-refractivity contribution in [1.82, 2.24) is 5.32 Å². The number of hydrogen-bond donors (Lipinski definition) is 5. The van der Waals surface area contributed by atoms with Crippen LogP contribution in [-0.2, 0) is 4.79 Å². The van der Waals surface area contributed by atoms with Gasteiger partial charge in [0, 0.05) is 0 Å². The van der Waals surface area contributed by atoms with E-state index in [1.54, 1.807) is 0 Å². The van der Waals surface area contributed by atoms with E-state index in [0.29, 0.717) is 12.8 Å². The molecule has 0 saturated heterocycles. The molecule has 0 radical (unpaired) electrons. The molecule has 356 valence electrons. The van der Waals surface area contributed by atoms with Crippen molar-refractivity contribution in [2.45, 2.75) is 308 Å². The lowest BCUT2D eigenvalue weighted by atomic mass is 10.00. The standard InChI is InChI=1S/C54H105NO5/c1-3-5-7-9-11-13-15-17-19-21-23-24-25-26-27-28-29-30-32-33-35-37-39-41-43-45-47-51(57)53(59)50(49-56)55-54(60)52(58)48-46-44-42-40-38-36-34-31-22-20-18-16-14-12-10-8-6-4-2/h22,31,39,41,50-53,56-59H,3-21,23-30,32-38,40,42-49H2,1-2H3,(H,55,60)/b31-22-,41-39+. The zero-order valence-corrected chi connectivity index (χ0v) is 40.2. The molecule has 0 heterocycles. The molecular weight excluding hydrogens is 743 g/mol. The summed E-state index contributed by atoms with van der Waals surface area (Å²) in [4.78, 5) is 12.6. The fourth-order valence-corrected chi connectivity index (χ4v) is 8.40. The molecule has 4 unspecified atom stereocenters. The average Bonchev–Trinajstić information content (AvgIpc) is 3.25. The molecule has 0 aromatic carbocycles. The van der Waals surface area contributed by atoms with Crippen LogP contribution in [-0.4, -0.2) is 57.3 Å². The summed E-state index contributed by atoms with van der Waals surface area (Å²) in [6.07, 6.45) is 58.1. The Morgan fingerprint density at radius 1 is 0.400 bits per heavy atom. The van der Waals surface area contributed by atoms with Gasteiger partial charge in [-0.2, -0.15) is 0 Å². The van der Waals surface area contributed by atoms with Crippen molar-refractivity contribution in [1.29, 1.82) is 0 Å². The fourth-order valence-electron chi connectivity index (χ4n) is 8.40. The van der Waals surface area contributed by atoms with E-state index in [1.807, 2.05) is 0 Å². The van der Waals surface area contributed by atoms with Crippen molar-refractivity contribution < 1.29 is 25.2 Å². The minimum atomic E-state index is -1.28. The Balaban J connectivity index is 3.67. The molecule has 0 aliphatic carbocycles. The summed E-state index contributed by atoms with van der Waals surface area (Å²) in [6, 6.07) is -1.00. The van der Waals surface area contributed by atoms with Gasteiger partial charge in [0.15, 0.2) is 0 Å². The first kappa shape index (κ1) is 58.8. The number of allylic oxidation sites excluding steroid dienone is 4. The smallest absolute Gasteiger partial charge is 0.249 e. The summed E-state index contributed by atoms with van der Waals surface area (Å²) in [7, 11) is 0. The van der Waals surface area contributed by atoms with Crippen LogP contribution in [0.15, 0.2) is 24.3 Å². The third-order valence-electron chi connectivity index (χ3n) is 12.6. The maximum Gasteiger partial charge on any atom is 0.249 e. The molecule has 1 amide bonds. The minimum Gasteiger partial charge on any atom is -0.394 e. The molecule has 6 nitrogen and oxygen atoms in total. The summed E-state index contributed by atoms with van der Waals surface area (Å²) in [5, 5.41) is 43.9. The normalized spacial score (nSPS) is 14.0. The lowest BCUT2D eigenvalue weighted by molar-refractivity contribution is -0.132. The van der Waals surface area contributed by atoms with E-state index >= 15 is 0 Å². The van der Waals surface area contributed by atoms with Crippen LogP contribution < -0.4 is 5.32 Å². The monoisotopic (exact) mass is 848 g/mol. The third-order valence-corrected chi connectivity index (χ3v) is 12.6. The molecule has 60 heavy (non-hydrogen) atoms. The van der Waals surface area contributed by atoms with Crippen molar-refractivity contribution in [2.75, 3.05) is 6.61 Å². The van der Waals surface area contributed by atoms with Crippen LogP contribution in [0.3, 0.4) is 0 Å². The molecule has 0 fully saturated rings. The van der Waals surface area contributed by atoms with Gasteiger partial charge in [-0.25, -0.2) is 0 Å². The molecule has 4 atom stereocenters. The average molecular weight is 848 g/mol. The number of hydrogen-bond acceptors (Lipinski definition) is 5. The molecule has 6 heteroatoms. The highest BCUT2D eigenvalue weighted by Gasteiger charge is 2.28. The second-order valence-electron chi connectivity index (χ2n) is 18.6. The SMILES string of the molecule is CCCCCCCCCC/C=C\CCCCCCCCC(O)C(=O)NC(CO)C(O)C(O)CCC/C=C/CCCCCCCCCCCCCCCCCCCCCCC. The third kappa shape index (κ3) is 42.1. The van der Waals surface area contributed by atoms with Crippen LogP contribution in [0.25, 0.3) is 0 Å². The van der Waals surface area contributed by atoms with Gasteiger partial charge in [0.25, 0.3) is 0 Å². The molecular formula is C54H105NO5. The van der Waals surface area contributed by atoms with Gasteiger partial charge in [0.2, 0.25) is 5.91 Å². The summed E-state index contributed by atoms with van der Waals surface area (Å²) in [5.41, 5.74) is 0. The van der Waals surface area contributed by atoms with Crippen molar-refractivity contribution in [2.24, 2.45) is 0 Å². The second kappa shape index (κ2) is 48.8. The topological polar surface area (TPSA) is 110 Å². The van der Waals surface area contributed by atoms with Crippen molar-refractivity contribution >= 4 is 5.91 Å². The molecule has 0 spiro atoms. The minimum absolute atomic E-state index is 0.357. The maximum atomic E-state index is 12.6. The molecule has 5 N–H and O–H groups in total. The number of carbonyl (C=O) groups is 1. The quantitative estimate of drug-likeness (QED) is 0.0309. The molecule has 0 aromatic heterocycles. The highest BCUT2D eigenvalue weighted by Crippen LogP contribution is 2.17. The van der Waals surface area contributed by atoms with Crippen LogP contribution in [0.4, 0.5) is 0 Å². The Kier molecular flexibility index (Phi) is 47.8. The van der Waals surface area contributed by atoms with Gasteiger partial charge in [-0.05, 0) is 64.2 Å². The van der Waals surface area contributed by atoms with Crippen LogP contribution in [0.5, 0.6) is 0 Å². The molecule has 0 bridgehead atoms. The number of aliphatic hydroxyl groups is 4. The van der Waals surface area contributed by atoms with Gasteiger partial charge >= 0.3 is 0 Å². The Labute approximate surface area is 374 Å². The largest absolute Gasteiger partial charge is 0.394 e. The van der Waals surface area contributed by atoms with E-state index in [0.717, 1.165) is 44.9 Å². The lowest BCUT2D eigenvalue weighted by Gasteiger charge is -2.27. The first-order chi connectivity index (χ1) is 29.5. The Morgan fingerprint density at radius 2 is 0.683 bits per heavy atom. The fraction of sp³-hybridized carbons (Fsp3) is 0.907. The maximum absolute atomic E-state index is 12.6. The van der Waals surface area contributed by atoms with Crippen molar-refractivity contribution in [3.05, 3.63) is 24.3 Å². The zero-order valence-electron chi connectivity index (χ0n) is 40.2. The van der Waals surface area contributed by atoms with E-state index < -0.39 is 36.9 Å². The van der Waals surface area contributed by atoms with E-state index in [1.165, 1.54) is 212 Å². The molecule has 0 saturated carbocycles. The predicted octanol–water partition coefficient (Wildman–Crippen LogP) is 15.1. The Bertz CT molecular complexity index is 909. The number of amides is 1. The van der Waals surface area contributed by atoms with Gasteiger partial charge in [-0.3, -0.25) is 4.79 Å². The summed E-state index contributed by atoms with van der Waals surface area (Å²) < 4.78 is 0. The van der Waals surface area contributed by atoms with E-state index in [4.69, 9.17) is 0 Å². The van der Waals surface area contributed by atoms with E-state index in [-0.39, 0.29) is 0 Å². The lowest BCUT2D eigenvalue weighted by Crippen LogP contribution is -2.53. The van der Waals surface area contributed by atoms with E-state index in [9.17, 15) is 25.2 Å². The van der Waals surface area contributed by atoms with Crippen molar-refractivity contribution in [3.8, 4) is 0 Å². The summed E-state index contributed by atoms with van der Waals surface area (Å²) in [5.74, 6) is -0.595. The molecule has 0 aromatic rings. The zero-order chi connectivity index (χ0) is 43.8. The number of aliphatic hydroxyl groups excluding tert-OH is 4. The van der Waals surface area contributed by atoms with Gasteiger partial charge in [-0.15, -0.1) is 0 Å². The summed E-state index contributed by atoms with van der Waals surface area (Å²) >= 11 is 0. The van der Waals surface area contributed by atoms with E-state index in [2.05, 4.69) is 43.5 Å². The van der Waals surface area contributed by atoms with Crippen LogP contribution >= 0.6 is 0 Å². The Hall–Kier alpha value is -1.21. The first-order valence-corrected chi connectivity index (χ1v) is 26.7. The number of rotatable bonds is 49. The number of nitrogens with one attached hydrogen (secondary N) is 1. The number of unbranched alkanes of at least 4 members (excludes halogenated alkanes) is 36. The Morgan fingerprint density at radius 3 is 1.00 bits per heavy atom. The van der Waals surface area contributed by atoms with Crippen LogP contribution in [0.2, 0.25) is 0 Å². The van der Waals surface area contributed by atoms with Gasteiger partial charge < -0.3 is 25.7 Å². The predicted molar refractivity (Wildman–Crippen MR) is 261 cm³/mol. The second-order valence-corrected chi connectivity index (χ2v) is 18.6. The molecule has 0 rings (SSSR count). The summed E-state index contributed by atoms with van der Waals surface area (Å²) in [6.45, 7) is 4.06. The number of carbonyl (C=O) groups excluding carboxylic acids is 1. The highest BCUT2D eigenvalue weighted by atomic mass is 16.3. The van der Waals surface area contributed by atoms with Crippen molar-refractivity contribution in [3.63, 3.8) is 0 Å². The van der Waals surface area contributed by atoms with Crippen LogP contribution in [0.1, 0.15) is 284 Å². The van der Waals surface area contributed by atoms with Crippen LogP contribution in [0, 0.1) is 0 Å². The molecule has 0 aliphatic rings. The molecule has 0 aliphatic heterocycles. The highest BCUT2D eigenvalue weighted by molar-refractivity contribution is 5.80. The van der Waals surface area contributed by atoms with Gasteiger partial charge in [-0.1, -0.05) is 244 Å².